The Hall–Kier alpha value is -1.82. The SMILES string of the molecule is CC(C)(C)c1csc(NC(=O)c2cccc(F)c2F)n1. The molecule has 1 aromatic heterocycles. The molecule has 1 aromatic carbocycles. The first kappa shape index (κ1) is 14.6. The summed E-state index contributed by atoms with van der Waals surface area (Å²) in [6.45, 7) is 6.00. The minimum Gasteiger partial charge on any atom is -0.298 e. The van der Waals surface area contributed by atoms with E-state index in [-0.39, 0.29) is 11.0 Å². The maximum atomic E-state index is 13.5. The minimum atomic E-state index is -1.15. The fourth-order valence-electron chi connectivity index (χ4n) is 1.52. The number of rotatable bonds is 2. The van der Waals surface area contributed by atoms with E-state index in [2.05, 4.69) is 10.3 Å². The lowest BCUT2D eigenvalue weighted by Gasteiger charge is -2.14. The van der Waals surface area contributed by atoms with Crippen LogP contribution in [0.2, 0.25) is 0 Å². The molecule has 1 heterocycles. The standard InChI is InChI=1S/C14H14F2N2OS/c1-14(2,3)10-7-20-13(17-10)18-12(19)8-5-4-6-9(15)11(8)16/h4-7H,1-3H3,(H,17,18,19). The Labute approximate surface area is 119 Å². The fourth-order valence-corrected chi connectivity index (χ4v) is 2.45. The van der Waals surface area contributed by atoms with Crippen molar-refractivity contribution in [2.24, 2.45) is 0 Å². The van der Waals surface area contributed by atoms with Gasteiger partial charge in [-0.25, -0.2) is 13.8 Å². The molecule has 0 saturated heterocycles. The molecule has 0 bridgehead atoms. The summed E-state index contributed by atoms with van der Waals surface area (Å²) in [4.78, 5) is 16.2. The molecule has 0 saturated carbocycles. The molecule has 3 nitrogen and oxygen atoms in total. The van der Waals surface area contributed by atoms with Gasteiger partial charge in [0.25, 0.3) is 5.91 Å². The number of amides is 1. The molecule has 106 valence electrons. The van der Waals surface area contributed by atoms with Crippen LogP contribution in [0.15, 0.2) is 23.6 Å². The highest BCUT2D eigenvalue weighted by Crippen LogP contribution is 2.26. The first-order valence-corrected chi connectivity index (χ1v) is 6.88. The molecule has 0 fully saturated rings. The zero-order valence-electron chi connectivity index (χ0n) is 11.3. The van der Waals surface area contributed by atoms with E-state index < -0.39 is 17.5 Å². The van der Waals surface area contributed by atoms with E-state index in [1.165, 1.54) is 23.5 Å². The van der Waals surface area contributed by atoms with Crippen LogP contribution in [-0.4, -0.2) is 10.9 Å². The van der Waals surface area contributed by atoms with Crippen molar-refractivity contribution in [3.05, 3.63) is 46.5 Å². The monoisotopic (exact) mass is 296 g/mol. The van der Waals surface area contributed by atoms with Gasteiger partial charge in [-0.3, -0.25) is 10.1 Å². The van der Waals surface area contributed by atoms with E-state index in [0.29, 0.717) is 5.13 Å². The summed E-state index contributed by atoms with van der Waals surface area (Å²) in [7, 11) is 0. The first-order valence-electron chi connectivity index (χ1n) is 6.00. The summed E-state index contributed by atoms with van der Waals surface area (Å²) >= 11 is 1.25. The van der Waals surface area contributed by atoms with Crippen LogP contribution in [0.25, 0.3) is 0 Å². The smallest absolute Gasteiger partial charge is 0.260 e. The van der Waals surface area contributed by atoms with Gasteiger partial charge in [-0.15, -0.1) is 11.3 Å². The molecule has 0 aliphatic rings. The number of nitrogens with zero attached hydrogens (tertiary/aromatic N) is 1. The Morgan fingerprint density at radius 1 is 1.30 bits per heavy atom. The van der Waals surface area contributed by atoms with Crippen molar-refractivity contribution in [2.45, 2.75) is 26.2 Å². The first-order chi connectivity index (χ1) is 9.29. The van der Waals surface area contributed by atoms with Crippen LogP contribution in [0.4, 0.5) is 13.9 Å². The third-order valence-corrected chi connectivity index (χ3v) is 3.45. The number of hydrogen-bond donors (Lipinski definition) is 1. The van der Waals surface area contributed by atoms with Gasteiger partial charge in [0.1, 0.15) is 0 Å². The number of benzene rings is 1. The van der Waals surface area contributed by atoms with Crippen LogP contribution >= 0.6 is 11.3 Å². The van der Waals surface area contributed by atoms with Crippen LogP contribution in [0.1, 0.15) is 36.8 Å². The number of carbonyl (C=O) groups excluding carboxylic acids is 1. The molecule has 1 amide bonds. The van der Waals surface area contributed by atoms with Crippen molar-refractivity contribution in [3.8, 4) is 0 Å². The zero-order valence-corrected chi connectivity index (χ0v) is 12.1. The topological polar surface area (TPSA) is 42.0 Å². The predicted octanol–water partition coefficient (Wildman–Crippen LogP) is 3.97. The van der Waals surface area contributed by atoms with E-state index in [9.17, 15) is 13.6 Å². The van der Waals surface area contributed by atoms with E-state index >= 15 is 0 Å². The molecule has 20 heavy (non-hydrogen) atoms. The average molecular weight is 296 g/mol. The van der Waals surface area contributed by atoms with Crippen molar-refractivity contribution in [3.63, 3.8) is 0 Å². The minimum absolute atomic E-state index is 0.135. The zero-order chi connectivity index (χ0) is 14.9. The summed E-state index contributed by atoms with van der Waals surface area (Å²) in [5.41, 5.74) is 0.360. The maximum absolute atomic E-state index is 13.5. The van der Waals surface area contributed by atoms with Crippen molar-refractivity contribution in [1.82, 2.24) is 4.98 Å². The number of anilines is 1. The highest BCUT2D eigenvalue weighted by Gasteiger charge is 2.20. The molecule has 0 unspecified atom stereocenters. The lowest BCUT2D eigenvalue weighted by Crippen LogP contribution is -2.15. The van der Waals surface area contributed by atoms with E-state index in [4.69, 9.17) is 0 Å². The molecular weight excluding hydrogens is 282 g/mol. The summed E-state index contributed by atoms with van der Waals surface area (Å²) in [5.74, 6) is -2.92. The van der Waals surface area contributed by atoms with Crippen molar-refractivity contribution >= 4 is 22.4 Å². The largest absolute Gasteiger partial charge is 0.298 e. The van der Waals surface area contributed by atoms with Gasteiger partial charge in [0.2, 0.25) is 0 Å². The van der Waals surface area contributed by atoms with Crippen molar-refractivity contribution in [2.75, 3.05) is 5.32 Å². The normalized spacial score (nSPS) is 11.4. The van der Waals surface area contributed by atoms with Gasteiger partial charge >= 0.3 is 0 Å². The van der Waals surface area contributed by atoms with Crippen LogP contribution in [0.3, 0.4) is 0 Å². The highest BCUT2D eigenvalue weighted by atomic mass is 32.1. The summed E-state index contributed by atoms with van der Waals surface area (Å²) < 4.78 is 26.6. The van der Waals surface area contributed by atoms with Crippen molar-refractivity contribution < 1.29 is 13.6 Å². The van der Waals surface area contributed by atoms with Gasteiger partial charge in [-0.05, 0) is 12.1 Å². The van der Waals surface area contributed by atoms with E-state index in [1.807, 2.05) is 26.2 Å². The highest BCUT2D eigenvalue weighted by molar-refractivity contribution is 7.14. The number of aromatic nitrogens is 1. The number of nitrogens with one attached hydrogen (secondary N) is 1. The quantitative estimate of drug-likeness (QED) is 0.911. The number of halogens is 2. The molecule has 0 aliphatic carbocycles. The Kier molecular flexibility index (Phi) is 3.85. The Bertz CT molecular complexity index is 647. The molecule has 2 aromatic rings. The van der Waals surface area contributed by atoms with E-state index in [0.717, 1.165) is 11.8 Å². The summed E-state index contributed by atoms with van der Waals surface area (Å²) in [5, 5.41) is 4.68. The van der Waals surface area contributed by atoms with Gasteiger partial charge < -0.3 is 0 Å². The second-order valence-electron chi connectivity index (χ2n) is 5.34. The molecular formula is C14H14F2N2OS. The molecule has 2 rings (SSSR count). The van der Waals surface area contributed by atoms with Crippen LogP contribution in [-0.2, 0) is 5.41 Å². The molecule has 1 N–H and O–H groups in total. The summed E-state index contributed by atoms with van der Waals surface area (Å²) in [6.07, 6.45) is 0. The average Bonchev–Trinajstić information content (AvgIpc) is 2.81. The number of carbonyl (C=O) groups is 1. The second-order valence-corrected chi connectivity index (χ2v) is 6.20. The van der Waals surface area contributed by atoms with Gasteiger partial charge in [0.05, 0.1) is 11.3 Å². The van der Waals surface area contributed by atoms with Gasteiger partial charge in [0, 0.05) is 10.8 Å². The number of hydrogen-bond acceptors (Lipinski definition) is 3. The lowest BCUT2D eigenvalue weighted by atomic mass is 9.93. The predicted molar refractivity (Wildman–Crippen MR) is 75.1 cm³/mol. The third kappa shape index (κ3) is 3.01. The Morgan fingerprint density at radius 3 is 2.60 bits per heavy atom. The molecule has 0 spiro atoms. The van der Waals surface area contributed by atoms with Crippen LogP contribution in [0.5, 0.6) is 0 Å². The third-order valence-electron chi connectivity index (χ3n) is 2.69. The lowest BCUT2D eigenvalue weighted by molar-refractivity contribution is 0.102. The van der Waals surface area contributed by atoms with Crippen LogP contribution in [0, 0.1) is 11.6 Å². The van der Waals surface area contributed by atoms with Gasteiger partial charge in [-0.1, -0.05) is 26.8 Å². The Balaban J connectivity index is 2.20. The second kappa shape index (κ2) is 5.28. The van der Waals surface area contributed by atoms with E-state index in [1.54, 1.807) is 0 Å². The molecule has 6 heteroatoms. The van der Waals surface area contributed by atoms with Crippen molar-refractivity contribution in [1.29, 1.82) is 0 Å². The molecule has 0 atom stereocenters. The molecule has 0 aliphatic heterocycles. The van der Waals surface area contributed by atoms with Gasteiger partial charge in [-0.2, -0.15) is 0 Å². The Morgan fingerprint density at radius 2 is 2.00 bits per heavy atom. The van der Waals surface area contributed by atoms with Crippen LogP contribution < -0.4 is 5.32 Å². The van der Waals surface area contributed by atoms with Gasteiger partial charge in [0.15, 0.2) is 16.8 Å². The fraction of sp³-hybridized carbons (Fsp3) is 0.286. The number of thiazole rings is 1. The summed E-state index contributed by atoms with van der Waals surface area (Å²) in [6, 6.07) is 3.48. The molecule has 0 radical (unpaired) electrons. The maximum Gasteiger partial charge on any atom is 0.260 e.